The lowest BCUT2D eigenvalue weighted by Crippen LogP contribution is -2.21. The van der Waals surface area contributed by atoms with Crippen molar-refractivity contribution in [3.63, 3.8) is 0 Å². The van der Waals surface area contributed by atoms with Gasteiger partial charge in [0.1, 0.15) is 5.82 Å². The normalized spacial score (nSPS) is 10.6. The third-order valence-corrected chi connectivity index (χ3v) is 2.45. The van der Waals surface area contributed by atoms with E-state index in [1.807, 2.05) is 0 Å². The predicted octanol–water partition coefficient (Wildman–Crippen LogP) is 1.45. The smallest absolute Gasteiger partial charge is 0.165 e. The molecule has 0 aliphatic carbocycles. The molecule has 0 heterocycles. The molecule has 3 nitrogen and oxygen atoms in total. The van der Waals surface area contributed by atoms with E-state index in [4.69, 9.17) is 10.5 Å². The van der Waals surface area contributed by atoms with E-state index in [-0.39, 0.29) is 5.75 Å². The highest BCUT2D eigenvalue weighted by Crippen LogP contribution is 2.21. The molecule has 0 bridgehead atoms. The van der Waals surface area contributed by atoms with E-state index >= 15 is 0 Å². The Hall–Kier alpha value is -1.20. The lowest BCUT2D eigenvalue weighted by atomic mass is 10.1. The zero-order valence-electron chi connectivity index (χ0n) is 9.93. The topological polar surface area (TPSA) is 47.3 Å². The minimum absolute atomic E-state index is 0.0673. The Kier molecular flexibility index (Phi) is 5.86. The SMILES string of the molecule is COc1cc(F)c(CCNCCCN)cc1F. The van der Waals surface area contributed by atoms with Crippen LogP contribution in [0.2, 0.25) is 0 Å². The fourth-order valence-electron chi connectivity index (χ4n) is 1.49. The third kappa shape index (κ3) is 4.28. The van der Waals surface area contributed by atoms with Gasteiger partial charge < -0.3 is 15.8 Å². The highest BCUT2D eigenvalue weighted by Gasteiger charge is 2.09. The molecule has 1 rings (SSSR count). The summed E-state index contributed by atoms with van der Waals surface area (Å²) in [6, 6.07) is 2.25. The number of rotatable bonds is 7. The monoisotopic (exact) mass is 244 g/mol. The summed E-state index contributed by atoms with van der Waals surface area (Å²) in [5, 5.41) is 3.11. The average molecular weight is 244 g/mol. The molecule has 5 heteroatoms. The number of hydrogen-bond donors (Lipinski definition) is 2. The second-order valence-electron chi connectivity index (χ2n) is 3.72. The molecule has 17 heavy (non-hydrogen) atoms. The molecule has 3 N–H and O–H groups in total. The minimum atomic E-state index is -0.536. The van der Waals surface area contributed by atoms with Crippen LogP contribution in [-0.2, 0) is 6.42 Å². The summed E-state index contributed by atoms with van der Waals surface area (Å²) in [5.74, 6) is -1.04. The van der Waals surface area contributed by atoms with Crippen molar-refractivity contribution in [2.45, 2.75) is 12.8 Å². The van der Waals surface area contributed by atoms with Crippen LogP contribution in [0, 0.1) is 11.6 Å². The van der Waals surface area contributed by atoms with Gasteiger partial charge in [-0.1, -0.05) is 0 Å². The highest BCUT2D eigenvalue weighted by molar-refractivity contribution is 5.31. The Morgan fingerprint density at radius 1 is 1.24 bits per heavy atom. The molecular weight excluding hydrogens is 226 g/mol. The number of halogens is 2. The first-order valence-corrected chi connectivity index (χ1v) is 5.61. The zero-order valence-corrected chi connectivity index (χ0v) is 9.93. The van der Waals surface area contributed by atoms with Crippen molar-refractivity contribution in [2.75, 3.05) is 26.7 Å². The van der Waals surface area contributed by atoms with E-state index < -0.39 is 11.6 Å². The molecule has 0 atom stereocenters. The van der Waals surface area contributed by atoms with Gasteiger partial charge in [-0.15, -0.1) is 0 Å². The second kappa shape index (κ2) is 7.19. The van der Waals surface area contributed by atoms with Crippen molar-refractivity contribution in [3.8, 4) is 5.75 Å². The molecule has 0 amide bonds. The Morgan fingerprint density at radius 2 is 2.00 bits per heavy atom. The van der Waals surface area contributed by atoms with Crippen LogP contribution in [0.5, 0.6) is 5.75 Å². The maximum Gasteiger partial charge on any atom is 0.165 e. The molecule has 0 radical (unpaired) electrons. The van der Waals surface area contributed by atoms with E-state index in [1.54, 1.807) is 0 Å². The van der Waals surface area contributed by atoms with Crippen LogP contribution in [0.4, 0.5) is 8.78 Å². The van der Waals surface area contributed by atoms with E-state index in [0.29, 0.717) is 25.1 Å². The van der Waals surface area contributed by atoms with Gasteiger partial charge in [0.15, 0.2) is 11.6 Å². The molecule has 0 spiro atoms. The standard InChI is InChI=1S/C12H18F2N2O/c1-17-12-8-10(13)9(7-11(12)14)3-6-16-5-2-4-15/h7-8,16H,2-6,15H2,1H3. The Labute approximate surface area is 100.0 Å². The molecule has 0 aliphatic rings. The summed E-state index contributed by atoms with van der Waals surface area (Å²) in [4.78, 5) is 0. The van der Waals surface area contributed by atoms with Gasteiger partial charge in [0, 0.05) is 6.07 Å². The summed E-state index contributed by atoms with van der Waals surface area (Å²) in [7, 11) is 1.31. The molecule has 0 aromatic heterocycles. The van der Waals surface area contributed by atoms with Crippen molar-refractivity contribution in [2.24, 2.45) is 5.73 Å². The first-order chi connectivity index (χ1) is 8.19. The number of hydrogen-bond acceptors (Lipinski definition) is 3. The van der Waals surface area contributed by atoms with Crippen molar-refractivity contribution in [1.29, 1.82) is 0 Å². The van der Waals surface area contributed by atoms with Gasteiger partial charge in [-0.3, -0.25) is 0 Å². The lowest BCUT2D eigenvalue weighted by Gasteiger charge is -2.08. The van der Waals surface area contributed by atoms with Crippen molar-refractivity contribution < 1.29 is 13.5 Å². The fraction of sp³-hybridized carbons (Fsp3) is 0.500. The molecule has 0 fully saturated rings. The second-order valence-corrected chi connectivity index (χ2v) is 3.72. The quantitative estimate of drug-likeness (QED) is 0.714. The molecule has 96 valence electrons. The molecule has 0 unspecified atom stereocenters. The van der Waals surface area contributed by atoms with Crippen LogP contribution in [0.3, 0.4) is 0 Å². The van der Waals surface area contributed by atoms with Gasteiger partial charge in [0.2, 0.25) is 0 Å². The van der Waals surface area contributed by atoms with Gasteiger partial charge in [-0.2, -0.15) is 0 Å². The Balaban J connectivity index is 2.51. The molecule has 1 aromatic rings. The fourth-order valence-corrected chi connectivity index (χ4v) is 1.49. The summed E-state index contributed by atoms with van der Waals surface area (Å²) >= 11 is 0. The number of nitrogens with one attached hydrogen (secondary N) is 1. The van der Waals surface area contributed by atoms with E-state index in [9.17, 15) is 8.78 Å². The number of methoxy groups -OCH3 is 1. The Bertz CT molecular complexity index is 359. The largest absolute Gasteiger partial charge is 0.494 e. The first-order valence-electron chi connectivity index (χ1n) is 5.61. The average Bonchev–Trinajstić information content (AvgIpc) is 2.32. The molecule has 0 saturated carbocycles. The number of ether oxygens (including phenoxy) is 1. The predicted molar refractivity (Wildman–Crippen MR) is 63.2 cm³/mol. The minimum Gasteiger partial charge on any atom is -0.494 e. The van der Waals surface area contributed by atoms with Gasteiger partial charge in [0.05, 0.1) is 7.11 Å². The van der Waals surface area contributed by atoms with Crippen LogP contribution in [-0.4, -0.2) is 26.7 Å². The van der Waals surface area contributed by atoms with Crippen LogP contribution >= 0.6 is 0 Å². The molecule has 0 saturated heterocycles. The maximum absolute atomic E-state index is 13.5. The van der Waals surface area contributed by atoms with Crippen LogP contribution in [0.25, 0.3) is 0 Å². The zero-order chi connectivity index (χ0) is 12.7. The lowest BCUT2D eigenvalue weighted by molar-refractivity contribution is 0.381. The summed E-state index contributed by atoms with van der Waals surface area (Å²) in [6.07, 6.45) is 1.32. The van der Waals surface area contributed by atoms with Gasteiger partial charge >= 0.3 is 0 Å². The van der Waals surface area contributed by atoms with Crippen LogP contribution in [0.15, 0.2) is 12.1 Å². The van der Waals surface area contributed by atoms with Gasteiger partial charge in [0.25, 0.3) is 0 Å². The van der Waals surface area contributed by atoms with E-state index in [0.717, 1.165) is 19.0 Å². The highest BCUT2D eigenvalue weighted by atomic mass is 19.1. The number of nitrogens with two attached hydrogens (primary N) is 1. The summed E-state index contributed by atoms with van der Waals surface area (Å²) in [5.41, 5.74) is 5.68. The van der Waals surface area contributed by atoms with Gasteiger partial charge in [-0.05, 0) is 44.1 Å². The van der Waals surface area contributed by atoms with Gasteiger partial charge in [-0.25, -0.2) is 8.78 Å². The van der Waals surface area contributed by atoms with Crippen LogP contribution < -0.4 is 15.8 Å². The van der Waals surface area contributed by atoms with E-state index in [1.165, 1.54) is 13.2 Å². The van der Waals surface area contributed by atoms with Crippen molar-refractivity contribution >= 4 is 0 Å². The molecule has 1 aromatic carbocycles. The Morgan fingerprint density at radius 3 is 2.65 bits per heavy atom. The number of benzene rings is 1. The molecule has 0 aliphatic heterocycles. The summed E-state index contributed by atoms with van der Waals surface area (Å²) < 4.78 is 31.5. The van der Waals surface area contributed by atoms with Crippen molar-refractivity contribution in [3.05, 3.63) is 29.3 Å². The third-order valence-electron chi connectivity index (χ3n) is 2.45. The summed E-state index contributed by atoms with van der Waals surface area (Å²) in [6.45, 7) is 2.01. The van der Waals surface area contributed by atoms with Crippen molar-refractivity contribution in [1.82, 2.24) is 5.32 Å². The van der Waals surface area contributed by atoms with E-state index in [2.05, 4.69) is 5.32 Å². The molecular formula is C12H18F2N2O. The van der Waals surface area contributed by atoms with Crippen LogP contribution in [0.1, 0.15) is 12.0 Å². The maximum atomic E-state index is 13.5. The first kappa shape index (κ1) is 13.9.